The summed E-state index contributed by atoms with van der Waals surface area (Å²) < 4.78 is 5.12. The van der Waals surface area contributed by atoms with Crippen molar-refractivity contribution in [2.45, 2.75) is 18.9 Å². The molecule has 0 bridgehead atoms. The lowest BCUT2D eigenvalue weighted by molar-refractivity contribution is -0.384. The Morgan fingerprint density at radius 1 is 1.36 bits per heavy atom. The number of furan rings is 1. The largest absolute Gasteiger partial charge is 0.466 e. The average molecular weight is 304 g/mol. The second-order valence-corrected chi connectivity index (χ2v) is 5.13. The Kier molecular flexibility index (Phi) is 4.57. The number of amides is 1. The van der Waals surface area contributed by atoms with E-state index in [1.807, 2.05) is 0 Å². The number of carbonyl (C=O) groups is 1. The van der Waals surface area contributed by atoms with Crippen LogP contribution in [0.4, 0.5) is 5.69 Å². The molecule has 1 unspecified atom stereocenters. The topological polar surface area (TPSA) is 106 Å². The number of carbonyl (C=O) groups excluding carboxylic acids is 1. The fourth-order valence-corrected chi connectivity index (χ4v) is 1.93. The van der Waals surface area contributed by atoms with Gasteiger partial charge < -0.3 is 14.8 Å². The van der Waals surface area contributed by atoms with Crippen LogP contribution in [0.3, 0.4) is 0 Å². The molecule has 1 heterocycles. The van der Waals surface area contributed by atoms with Gasteiger partial charge in [0.25, 0.3) is 5.69 Å². The van der Waals surface area contributed by atoms with Gasteiger partial charge >= 0.3 is 0 Å². The normalized spacial score (nSPS) is 13.4. The molecule has 2 rings (SSSR count). The van der Waals surface area contributed by atoms with Gasteiger partial charge in [-0.1, -0.05) is 12.1 Å². The summed E-state index contributed by atoms with van der Waals surface area (Å²) in [7, 11) is 0. The number of rotatable bonds is 6. The molecule has 0 saturated heterocycles. The van der Waals surface area contributed by atoms with E-state index >= 15 is 0 Å². The van der Waals surface area contributed by atoms with Crippen LogP contribution in [0.5, 0.6) is 0 Å². The van der Waals surface area contributed by atoms with Crippen molar-refractivity contribution in [3.63, 3.8) is 0 Å². The molecule has 22 heavy (non-hydrogen) atoms. The zero-order valence-corrected chi connectivity index (χ0v) is 12.0. The molecule has 0 aliphatic heterocycles. The average Bonchev–Trinajstić information content (AvgIpc) is 3.01. The molecule has 1 atom stereocenters. The molecule has 0 spiro atoms. The maximum atomic E-state index is 11.9. The van der Waals surface area contributed by atoms with Crippen molar-refractivity contribution in [1.82, 2.24) is 5.32 Å². The zero-order valence-electron chi connectivity index (χ0n) is 12.0. The first-order chi connectivity index (χ1) is 10.4. The van der Waals surface area contributed by atoms with E-state index < -0.39 is 10.5 Å². The minimum Gasteiger partial charge on any atom is -0.466 e. The third-order valence-corrected chi connectivity index (χ3v) is 3.19. The lowest BCUT2D eigenvalue weighted by Gasteiger charge is -2.21. The molecule has 1 aromatic heterocycles. The first kappa shape index (κ1) is 15.7. The van der Waals surface area contributed by atoms with Gasteiger partial charge in [0.05, 0.1) is 24.2 Å². The predicted molar refractivity (Wildman–Crippen MR) is 78.1 cm³/mol. The molecule has 0 radical (unpaired) electrons. The van der Waals surface area contributed by atoms with E-state index in [-0.39, 0.29) is 24.6 Å². The summed E-state index contributed by atoms with van der Waals surface area (Å²) >= 11 is 0. The summed E-state index contributed by atoms with van der Waals surface area (Å²) in [5.74, 6) is 0.0730. The number of non-ortho nitro benzene ring substituents is 1. The fourth-order valence-electron chi connectivity index (χ4n) is 1.93. The summed E-state index contributed by atoms with van der Waals surface area (Å²) in [5, 5.41) is 23.4. The number of hydrogen-bond acceptors (Lipinski definition) is 5. The van der Waals surface area contributed by atoms with Crippen molar-refractivity contribution in [3.05, 3.63) is 64.1 Å². The second-order valence-electron chi connectivity index (χ2n) is 5.13. The molecule has 0 fully saturated rings. The van der Waals surface area contributed by atoms with Crippen LogP contribution in [0.2, 0.25) is 0 Å². The van der Waals surface area contributed by atoms with E-state index in [0.29, 0.717) is 11.3 Å². The van der Waals surface area contributed by atoms with Crippen LogP contribution >= 0.6 is 0 Å². The summed E-state index contributed by atoms with van der Waals surface area (Å²) in [5.41, 5.74) is -0.667. The molecule has 2 N–H and O–H groups in total. The third-order valence-electron chi connectivity index (χ3n) is 3.19. The lowest BCUT2D eigenvalue weighted by Crippen LogP contribution is -2.39. The first-order valence-electron chi connectivity index (χ1n) is 6.65. The first-order valence-corrected chi connectivity index (χ1v) is 6.65. The van der Waals surface area contributed by atoms with Crippen LogP contribution < -0.4 is 5.32 Å². The zero-order chi connectivity index (χ0) is 16.2. The van der Waals surface area contributed by atoms with Gasteiger partial charge in [0.1, 0.15) is 11.4 Å². The molecule has 1 aromatic carbocycles. The summed E-state index contributed by atoms with van der Waals surface area (Å²) in [6.07, 6.45) is 1.52. The van der Waals surface area contributed by atoms with Crippen LogP contribution in [0.1, 0.15) is 18.2 Å². The highest BCUT2D eigenvalue weighted by atomic mass is 16.6. The number of hydrogen-bond donors (Lipinski definition) is 2. The molecule has 7 nitrogen and oxygen atoms in total. The second kappa shape index (κ2) is 6.40. The van der Waals surface area contributed by atoms with Gasteiger partial charge in [0.2, 0.25) is 5.91 Å². The van der Waals surface area contributed by atoms with E-state index in [0.717, 1.165) is 0 Å². The van der Waals surface area contributed by atoms with Gasteiger partial charge in [-0.2, -0.15) is 0 Å². The van der Waals surface area contributed by atoms with Crippen molar-refractivity contribution in [2.75, 3.05) is 6.54 Å². The standard InChI is InChI=1S/C15H16N2O5/c1-15(19,13-3-2-8-22-13)10-16-14(18)9-11-4-6-12(7-5-11)17(20)21/h2-8,19H,9-10H2,1H3,(H,16,18). The number of nitro groups is 1. The Morgan fingerprint density at radius 2 is 2.05 bits per heavy atom. The highest BCUT2D eigenvalue weighted by Crippen LogP contribution is 2.19. The Labute approximate surface area is 126 Å². The van der Waals surface area contributed by atoms with Crippen LogP contribution in [0.25, 0.3) is 0 Å². The van der Waals surface area contributed by atoms with Gasteiger partial charge in [-0.05, 0) is 24.6 Å². The van der Waals surface area contributed by atoms with Crippen LogP contribution in [-0.2, 0) is 16.8 Å². The fraction of sp³-hybridized carbons (Fsp3) is 0.267. The molecule has 116 valence electrons. The van der Waals surface area contributed by atoms with Gasteiger partial charge in [-0.3, -0.25) is 14.9 Å². The number of nitro benzene ring substituents is 1. The van der Waals surface area contributed by atoms with Crippen molar-refractivity contribution < 1.29 is 19.2 Å². The summed E-state index contributed by atoms with van der Waals surface area (Å²) in [6, 6.07) is 9.04. The van der Waals surface area contributed by atoms with Crippen LogP contribution in [0.15, 0.2) is 47.1 Å². The van der Waals surface area contributed by atoms with Crippen molar-refractivity contribution in [2.24, 2.45) is 0 Å². The quantitative estimate of drug-likeness (QED) is 0.625. The molecular formula is C15H16N2O5. The summed E-state index contributed by atoms with van der Waals surface area (Å²) in [6.45, 7) is 1.55. The lowest BCUT2D eigenvalue weighted by atomic mass is 10.0. The Hall–Kier alpha value is -2.67. The Bertz CT molecular complexity index is 647. The smallest absolute Gasteiger partial charge is 0.269 e. The van der Waals surface area contributed by atoms with E-state index in [2.05, 4.69) is 5.32 Å². The Morgan fingerprint density at radius 3 is 2.59 bits per heavy atom. The van der Waals surface area contributed by atoms with Gasteiger partial charge in [-0.25, -0.2) is 0 Å². The number of aliphatic hydroxyl groups is 1. The van der Waals surface area contributed by atoms with Crippen molar-refractivity contribution in [3.8, 4) is 0 Å². The minimum absolute atomic E-state index is 0.00628. The van der Waals surface area contributed by atoms with Gasteiger partial charge in [-0.15, -0.1) is 0 Å². The predicted octanol–water partition coefficient (Wildman–Crippen LogP) is 1.75. The van der Waals surface area contributed by atoms with Crippen LogP contribution in [0, 0.1) is 10.1 Å². The number of benzene rings is 1. The highest BCUT2D eigenvalue weighted by molar-refractivity contribution is 5.78. The van der Waals surface area contributed by atoms with Gasteiger partial charge in [0.15, 0.2) is 0 Å². The minimum atomic E-state index is -1.30. The van der Waals surface area contributed by atoms with Gasteiger partial charge in [0, 0.05) is 12.1 Å². The van der Waals surface area contributed by atoms with E-state index in [4.69, 9.17) is 4.42 Å². The van der Waals surface area contributed by atoms with Crippen LogP contribution in [-0.4, -0.2) is 22.5 Å². The molecule has 0 aliphatic carbocycles. The molecule has 0 aliphatic rings. The molecule has 2 aromatic rings. The summed E-state index contributed by atoms with van der Waals surface area (Å²) in [4.78, 5) is 21.9. The molecule has 1 amide bonds. The van der Waals surface area contributed by atoms with E-state index in [1.165, 1.54) is 37.5 Å². The monoisotopic (exact) mass is 304 g/mol. The molecule has 0 saturated carbocycles. The Balaban J connectivity index is 1.89. The maximum absolute atomic E-state index is 11.9. The van der Waals surface area contributed by atoms with E-state index in [1.54, 1.807) is 12.1 Å². The SMILES string of the molecule is CC(O)(CNC(=O)Cc1ccc([N+](=O)[O-])cc1)c1ccco1. The number of nitrogens with one attached hydrogen (secondary N) is 1. The van der Waals surface area contributed by atoms with Crippen molar-refractivity contribution >= 4 is 11.6 Å². The van der Waals surface area contributed by atoms with Crippen molar-refractivity contribution in [1.29, 1.82) is 0 Å². The molecule has 7 heteroatoms. The maximum Gasteiger partial charge on any atom is 0.269 e. The number of nitrogens with zero attached hydrogens (tertiary/aromatic N) is 1. The molecular weight excluding hydrogens is 288 g/mol. The highest BCUT2D eigenvalue weighted by Gasteiger charge is 2.26. The van der Waals surface area contributed by atoms with E-state index in [9.17, 15) is 20.0 Å². The third kappa shape index (κ3) is 3.92.